The van der Waals surface area contributed by atoms with Crippen molar-refractivity contribution in [2.45, 2.75) is 45.6 Å². The summed E-state index contributed by atoms with van der Waals surface area (Å²) in [6, 6.07) is 7.12. The van der Waals surface area contributed by atoms with E-state index < -0.39 is 0 Å². The molecule has 1 aromatic carbocycles. The van der Waals surface area contributed by atoms with Gasteiger partial charge in [0, 0.05) is 12.5 Å². The number of hydrogen-bond donors (Lipinski definition) is 0. The zero-order valence-electron chi connectivity index (χ0n) is 15.4. The Balaban J connectivity index is 2.19. The molecule has 0 saturated carbocycles. The molecule has 1 aliphatic heterocycles. The third kappa shape index (κ3) is 5.19. The molecule has 25 heavy (non-hydrogen) atoms. The van der Waals surface area contributed by atoms with E-state index in [2.05, 4.69) is 5.43 Å². The lowest BCUT2D eigenvalue weighted by Crippen LogP contribution is -2.53. The van der Waals surface area contributed by atoms with Crippen LogP contribution in [-0.4, -0.2) is 49.3 Å². The third-order valence-corrected chi connectivity index (χ3v) is 4.62. The molecule has 0 radical (unpaired) electrons. The van der Waals surface area contributed by atoms with E-state index in [0.717, 1.165) is 32.4 Å². The molecule has 6 heteroatoms. The molecule has 138 valence electrons. The van der Waals surface area contributed by atoms with E-state index in [9.17, 15) is 9.59 Å². The summed E-state index contributed by atoms with van der Waals surface area (Å²) in [5, 5.41) is 0. The van der Waals surface area contributed by atoms with Gasteiger partial charge in [-0.25, -0.2) is 0 Å². The number of likely N-dealkylation sites (tertiary alicyclic amines) is 1. The molecule has 1 amide bonds. The van der Waals surface area contributed by atoms with Crippen LogP contribution in [0.4, 0.5) is 0 Å². The fourth-order valence-electron chi connectivity index (χ4n) is 3.36. The van der Waals surface area contributed by atoms with E-state index in [1.165, 1.54) is 6.92 Å². The number of amides is 1. The number of carbonyl (C=O) groups excluding carboxylic acids is 2. The van der Waals surface area contributed by atoms with Crippen LogP contribution in [0, 0.1) is 0 Å². The van der Waals surface area contributed by atoms with E-state index in [-0.39, 0.29) is 18.0 Å². The Hall–Kier alpha value is -2.08. The first-order valence-electron chi connectivity index (χ1n) is 8.93. The van der Waals surface area contributed by atoms with Crippen molar-refractivity contribution in [1.82, 2.24) is 0 Å². The molecule has 1 saturated heterocycles. The van der Waals surface area contributed by atoms with Crippen molar-refractivity contribution in [3.05, 3.63) is 35.3 Å². The number of carbonyl (C=O) groups is 2. The van der Waals surface area contributed by atoms with Gasteiger partial charge in [-0.3, -0.25) is 4.79 Å². The summed E-state index contributed by atoms with van der Waals surface area (Å²) in [7, 11) is 1.55. The van der Waals surface area contributed by atoms with Gasteiger partial charge < -0.3 is 24.3 Å². The van der Waals surface area contributed by atoms with Gasteiger partial charge in [0.05, 0.1) is 20.2 Å². The number of quaternary nitrogens is 1. The van der Waals surface area contributed by atoms with Crippen LogP contribution in [0.2, 0.25) is 0 Å². The largest absolute Gasteiger partial charge is 0.496 e. The van der Waals surface area contributed by atoms with Crippen LogP contribution in [0.15, 0.2) is 24.3 Å². The predicted octanol–water partition coefficient (Wildman–Crippen LogP) is 3.47. The van der Waals surface area contributed by atoms with Gasteiger partial charge in [-0.15, -0.1) is 0 Å². The van der Waals surface area contributed by atoms with Crippen LogP contribution in [0.3, 0.4) is 0 Å². The van der Waals surface area contributed by atoms with E-state index in [4.69, 9.17) is 9.47 Å². The fraction of sp³-hybridized carbons (Fsp3) is 0.579. The molecular formula is C19H28N2O4. The number of methoxy groups -OCH3 is 1. The predicted molar refractivity (Wildman–Crippen MR) is 95.2 cm³/mol. The van der Waals surface area contributed by atoms with Crippen molar-refractivity contribution in [2.24, 2.45) is 0 Å². The molecule has 0 N–H and O–H groups in total. The van der Waals surface area contributed by atoms with Crippen LogP contribution in [-0.2, 0) is 9.53 Å². The lowest BCUT2D eigenvalue weighted by atomic mass is 10.1. The standard InChI is InChI=1S/C19H28N2O4/c1-4-16(25-15(2)22)14-21(12-8-5-9-13-21)20-19(23)17-10-6-7-11-18(17)24-3/h6-7,10-11,16H,4-5,8-9,12-14H2,1-3H3. The zero-order chi connectivity index (χ0) is 18.3. The third-order valence-electron chi connectivity index (χ3n) is 4.62. The normalized spacial score (nSPS) is 17.4. The molecule has 1 aliphatic rings. The number of nitrogens with zero attached hydrogens (tertiary/aromatic N) is 2. The SMILES string of the molecule is CCC(C[N+]1([N-]C(=O)c2ccccc2OC)CCCCC1)OC(C)=O. The summed E-state index contributed by atoms with van der Waals surface area (Å²) in [4.78, 5) is 24.2. The van der Waals surface area contributed by atoms with Crippen LogP contribution in [0.25, 0.3) is 5.43 Å². The first-order valence-corrected chi connectivity index (χ1v) is 8.93. The summed E-state index contributed by atoms with van der Waals surface area (Å²) < 4.78 is 11.0. The van der Waals surface area contributed by atoms with Crippen LogP contribution in [0.5, 0.6) is 5.75 Å². The second kappa shape index (κ2) is 8.85. The molecule has 1 heterocycles. The number of hydrogen-bond acceptors (Lipinski definition) is 4. The molecular weight excluding hydrogens is 320 g/mol. The van der Waals surface area contributed by atoms with Crippen LogP contribution in [0.1, 0.15) is 49.9 Å². The minimum Gasteiger partial charge on any atom is -0.496 e. The van der Waals surface area contributed by atoms with Gasteiger partial charge >= 0.3 is 5.97 Å². The molecule has 0 aromatic heterocycles. The average molecular weight is 348 g/mol. The van der Waals surface area contributed by atoms with E-state index in [1.54, 1.807) is 25.3 Å². The molecule has 1 aromatic rings. The number of rotatable bonds is 7. The van der Waals surface area contributed by atoms with Gasteiger partial charge in [-0.05, 0) is 37.8 Å². The van der Waals surface area contributed by atoms with Crippen molar-refractivity contribution in [1.29, 1.82) is 0 Å². The molecule has 0 bridgehead atoms. The summed E-state index contributed by atoms with van der Waals surface area (Å²) >= 11 is 0. The summed E-state index contributed by atoms with van der Waals surface area (Å²) in [6.45, 7) is 5.52. The Bertz CT molecular complexity index is 597. The minimum absolute atomic E-state index is 0.232. The minimum atomic E-state index is -0.293. The fourth-order valence-corrected chi connectivity index (χ4v) is 3.36. The molecule has 0 aliphatic carbocycles. The van der Waals surface area contributed by atoms with Crippen molar-refractivity contribution in [3.8, 4) is 5.75 Å². The number of ether oxygens (including phenoxy) is 2. The molecule has 0 spiro atoms. The second-order valence-electron chi connectivity index (χ2n) is 6.53. The van der Waals surface area contributed by atoms with E-state index in [0.29, 0.717) is 28.9 Å². The highest BCUT2D eigenvalue weighted by molar-refractivity contribution is 6.04. The first kappa shape index (κ1) is 19.2. The monoisotopic (exact) mass is 348 g/mol. The lowest BCUT2D eigenvalue weighted by molar-refractivity contribution is -0.896. The smallest absolute Gasteiger partial charge is 0.303 e. The van der Waals surface area contributed by atoms with Crippen LogP contribution >= 0.6 is 0 Å². The van der Waals surface area contributed by atoms with Gasteiger partial charge in [-0.2, -0.15) is 0 Å². The van der Waals surface area contributed by atoms with E-state index in [1.807, 2.05) is 13.0 Å². The van der Waals surface area contributed by atoms with Gasteiger partial charge in [0.1, 0.15) is 24.3 Å². The Morgan fingerprint density at radius 1 is 1.20 bits per heavy atom. The van der Waals surface area contributed by atoms with E-state index >= 15 is 0 Å². The number of benzene rings is 1. The summed E-state index contributed by atoms with van der Waals surface area (Å²) in [5.41, 5.74) is 5.03. The van der Waals surface area contributed by atoms with Gasteiger partial charge in [-0.1, -0.05) is 19.1 Å². The highest BCUT2D eigenvalue weighted by Crippen LogP contribution is 2.29. The summed E-state index contributed by atoms with van der Waals surface area (Å²) in [5.74, 6) is -0.0477. The maximum absolute atomic E-state index is 12.8. The van der Waals surface area contributed by atoms with Gasteiger partial charge in [0.15, 0.2) is 0 Å². The maximum atomic E-state index is 12.8. The molecule has 6 nitrogen and oxygen atoms in total. The second-order valence-corrected chi connectivity index (χ2v) is 6.53. The Kier molecular flexibility index (Phi) is 6.82. The van der Waals surface area contributed by atoms with Gasteiger partial charge in [0.25, 0.3) is 0 Å². The number of esters is 1. The Labute approximate surface area is 149 Å². The first-order chi connectivity index (χ1) is 12.0. The topological polar surface area (TPSA) is 66.7 Å². The van der Waals surface area contributed by atoms with Crippen molar-refractivity contribution >= 4 is 11.9 Å². The molecule has 1 fully saturated rings. The van der Waals surface area contributed by atoms with Crippen molar-refractivity contribution in [2.75, 3.05) is 26.7 Å². The van der Waals surface area contributed by atoms with Crippen molar-refractivity contribution < 1.29 is 23.7 Å². The molecule has 2 rings (SSSR count). The molecule has 1 unspecified atom stereocenters. The lowest BCUT2D eigenvalue weighted by Gasteiger charge is -2.51. The number of para-hydroxylation sites is 1. The maximum Gasteiger partial charge on any atom is 0.303 e. The zero-order valence-corrected chi connectivity index (χ0v) is 15.4. The van der Waals surface area contributed by atoms with Gasteiger partial charge in [0.2, 0.25) is 0 Å². The Morgan fingerprint density at radius 2 is 1.88 bits per heavy atom. The summed E-state index contributed by atoms with van der Waals surface area (Å²) in [6.07, 6.45) is 3.64. The number of piperidine rings is 1. The van der Waals surface area contributed by atoms with Crippen LogP contribution < -0.4 is 4.74 Å². The highest BCUT2D eigenvalue weighted by atomic mass is 16.5. The Morgan fingerprint density at radius 3 is 2.48 bits per heavy atom. The van der Waals surface area contributed by atoms with Crippen molar-refractivity contribution in [3.63, 3.8) is 0 Å². The average Bonchev–Trinajstić information content (AvgIpc) is 2.61. The quantitative estimate of drug-likeness (QED) is 0.559. The molecule has 1 atom stereocenters. The highest BCUT2D eigenvalue weighted by Gasteiger charge is 2.29.